The minimum atomic E-state index is -3.60. The summed E-state index contributed by atoms with van der Waals surface area (Å²) in [6.07, 6.45) is -0.0787. The van der Waals surface area contributed by atoms with E-state index in [4.69, 9.17) is 11.0 Å². The number of carbonyl (C=O) groups excluding carboxylic acids is 1. The predicted molar refractivity (Wildman–Crippen MR) is 45.8 cm³/mol. The molecule has 0 fully saturated rings. The molecule has 0 aliphatic rings. The number of primary amides is 1. The normalized spacial score (nSPS) is 13.2. The van der Waals surface area contributed by atoms with Gasteiger partial charge in [0.2, 0.25) is 15.9 Å². The SMILES string of the molecule is CC(CC(N)=O)NS(=O)(=O)CC#N. The minimum Gasteiger partial charge on any atom is -0.370 e. The van der Waals surface area contributed by atoms with Crippen molar-refractivity contribution in [3.05, 3.63) is 0 Å². The Labute approximate surface area is 76.8 Å². The fraction of sp³-hybridized carbons (Fsp3) is 0.667. The first-order valence-corrected chi connectivity index (χ1v) is 5.18. The van der Waals surface area contributed by atoms with Crippen molar-refractivity contribution < 1.29 is 13.2 Å². The summed E-state index contributed by atoms with van der Waals surface area (Å²) >= 11 is 0. The van der Waals surface area contributed by atoms with Crippen LogP contribution < -0.4 is 10.5 Å². The third-order valence-corrected chi connectivity index (χ3v) is 2.41. The number of nitrogens with one attached hydrogen (secondary N) is 1. The molecule has 0 aromatic heterocycles. The zero-order chi connectivity index (χ0) is 10.5. The molecule has 0 aromatic rings. The zero-order valence-electron chi connectivity index (χ0n) is 7.15. The van der Waals surface area contributed by atoms with Crippen LogP contribution in [0.3, 0.4) is 0 Å². The van der Waals surface area contributed by atoms with Crippen molar-refractivity contribution in [1.29, 1.82) is 5.26 Å². The van der Waals surface area contributed by atoms with Crippen LogP contribution in [0, 0.1) is 11.3 Å². The molecule has 7 heteroatoms. The van der Waals surface area contributed by atoms with Crippen LogP contribution in [0.1, 0.15) is 13.3 Å². The molecule has 1 atom stereocenters. The Morgan fingerprint density at radius 3 is 2.62 bits per heavy atom. The van der Waals surface area contributed by atoms with Crippen molar-refractivity contribution in [2.45, 2.75) is 19.4 Å². The maximum atomic E-state index is 10.9. The second-order valence-electron chi connectivity index (χ2n) is 2.61. The van der Waals surface area contributed by atoms with Gasteiger partial charge < -0.3 is 5.73 Å². The first-order chi connectivity index (χ1) is 5.87. The Balaban J connectivity index is 4.14. The number of amides is 1. The third-order valence-electron chi connectivity index (χ3n) is 1.14. The van der Waals surface area contributed by atoms with E-state index in [9.17, 15) is 13.2 Å². The van der Waals surface area contributed by atoms with Gasteiger partial charge in [-0.3, -0.25) is 4.79 Å². The molecule has 0 aliphatic carbocycles. The molecular formula is C6H11N3O3S. The van der Waals surface area contributed by atoms with Crippen LogP contribution in [-0.4, -0.2) is 26.1 Å². The average molecular weight is 205 g/mol. The Morgan fingerprint density at radius 1 is 1.69 bits per heavy atom. The van der Waals surface area contributed by atoms with Crippen molar-refractivity contribution >= 4 is 15.9 Å². The monoisotopic (exact) mass is 205 g/mol. The van der Waals surface area contributed by atoms with E-state index in [0.717, 1.165) is 0 Å². The van der Waals surface area contributed by atoms with Gasteiger partial charge in [-0.15, -0.1) is 0 Å². The van der Waals surface area contributed by atoms with Gasteiger partial charge in [-0.25, -0.2) is 13.1 Å². The lowest BCUT2D eigenvalue weighted by Gasteiger charge is -2.09. The fourth-order valence-electron chi connectivity index (χ4n) is 0.777. The molecule has 0 saturated carbocycles. The number of sulfonamides is 1. The van der Waals surface area contributed by atoms with Crippen molar-refractivity contribution in [3.8, 4) is 6.07 Å². The molecule has 0 aromatic carbocycles. The van der Waals surface area contributed by atoms with Gasteiger partial charge in [0.25, 0.3) is 0 Å². The third kappa shape index (κ3) is 6.07. The number of nitriles is 1. The molecular weight excluding hydrogens is 194 g/mol. The van der Waals surface area contributed by atoms with Crippen LogP contribution in [0.4, 0.5) is 0 Å². The number of hydrogen-bond donors (Lipinski definition) is 2. The van der Waals surface area contributed by atoms with Gasteiger partial charge in [0, 0.05) is 12.5 Å². The van der Waals surface area contributed by atoms with Gasteiger partial charge >= 0.3 is 0 Å². The quantitative estimate of drug-likeness (QED) is 0.580. The number of nitrogens with two attached hydrogens (primary N) is 1. The lowest BCUT2D eigenvalue weighted by Crippen LogP contribution is -2.36. The molecule has 0 heterocycles. The maximum absolute atomic E-state index is 10.9. The molecule has 0 radical (unpaired) electrons. The van der Waals surface area contributed by atoms with E-state index in [0.29, 0.717) is 0 Å². The molecule has 1 unspecified atom stereocenters. The smallest absolute Gasteiger partial charge is 0.225 e. The zero-order valence-corrected chi connectivity index (χ0v) is 7.97. The topological polar surface area (TPSA) is 113 Å². The molecule has 0 spiro atoms. The Morgan fingerprint density at radius 2 is 2.23 bits per heavy atom. The standard InChI is InChI=1S/C6H11N3O3S/c1-5(4-6(8)10)9-13(11,12)3-2-7/h5,9H,3-4H2,1H3,(H2,8,10). The molecule has 0 aliphatic heterocycles. The van der Waals surface area contributed by atoms with Gasteiger partial charge in [0.05, 0.1) is 6.07 Å². The average Bonchev–Trinajstić information content (AvgIpc) is 1.81. The first-order valence-electron chi connectivity index (χ1n) is 3.52. The summed E-state index contributed by atoms with van der Waals surface area (Å²) in [5, 5.41) is 8.14. The summed E-state index contributed by atoms with van der Waals surface area (Å²) in [6.45, 7) is 1.50. The Hall–Kier alpha value is -1.13. The van der Waals surface area contributed by atoms with Gasteiger partial charge in [0.15, 0.2) is 5.75 Å². The van der Waals surface area contributed by atoms with Crippen LogP contribution in [0.15, 0.2) is 0 Å². The second kappa shape index (κ2) is 4.79. The number of carbonyl (C=O) groups is 1. The van der Waals surface area contributed by atoms with Gasteiger partial charge in [-0.05, 0) is 6.92 Å². The summed E-state index contributed by atoms with van der Waals surface area (Å²) in [4.78, 5) is 10.4. The molecule has 0 saturated heterocycles. The van der Waals surface area contributed by atoms with Crippen molar-refractivity contribution in [2.75, 3.05) is 5.75 Å². The largest absolute Gasteiger partial charge is 0.370 e. The van der Waals surface area contributed by atoms with E-state index in [-0.39, 0.29) is 6.42 Å². The van der Waals surface area contributed by atoms with Crippen molar-refractivity contribution in [2.24, 2.45) is 5.73 Å². The van der Waals surface area contributed by atoms with Crippen molar-refractivity contribution in [1.82, 2.24) is 4.72 Å². The highest BCUT2D eigenvalue weighted by atomic mass is 32.2. The van der Waals surface area contributed by atoms with Crippen LogP contribution in [0.2, 0.25) is 0 Å². The van der Waals surface area contributed by atoms with E-state index >= 15 is 0 Å². The molecule has 6 nitrogen and oxygen atoms in total. The molecule has 1 amide bonds. The van der Waals surface area contributed by atoms with E-state index < -0.39 is 27.7 Å². The molecule has 3 N–H and O–H groups in total. The summed E-state index contributed by atoms with van der Waals surface area (Å²) in [6, 6.07) is 0.927. The van der Waals surface area contributed by atoms with Crippen LogP contribution in [0.5, 0.6) is 0 Å². The van der Waals surface area contributed by atoms with E-state index in [2.05, 4.69) is 4.72 Å². The lowest BCUT2D eigenvalue weighted by molar-refractivity contribution is -0.118. The molecule has 74 valence electrons. The van der Waals surface area contributed by atoms with E-state index in [1.807, 2.05) is 0 Å². The molecule has 0 bridgehead atoms. The summed E-state index contributed by atoms with van der Waals surface area (Å²) < 4.78 is 24.0. The highest BCUT2D eigenvalue weighted by Gasteiger charge is 2.14. The van der Waals surface area contributed by atoms with Crippen LogP contribution >= 0.6 is 0 Å². The summed E-state index contributed by atoms with van der Waals surface area (Å²) in [5.74, 6) is -1.21. The minimum absolute atomic E-state index is 0.0787. The Kier molecular flexibility index (Phi) is 4.37. The van der Waals surface area contributed by atoms with Gasteiger partial charge in [-0.2, -0.15) is 5.26 Å². The van der Waals surface area contributed by atoms with Crippen LogP contribution in [0.25, 0.3) is 0 Å². The van der Waals surface area contributed by atoms with Crippen LogP contribution in [-0.2, 0) is 14.8 Å². The maximum Gasteiger partial charge on any atom is 0.225 e. The van der Waals surface area contributed by atoms with E-state index in [1.165, 1.54) is 13.0 Å². The predicted octanol–water partition coefficient (Wildman–Crippen LogP) is -1.31. The van der Waals surface area contributed by atoms with E-state index in [1.54, 1.807) is 0 Å². The van der Waals surface area contributed by atoms with Gasteiger partial charge in [0.1, 0.15) is 0 Å². The number of rotatable bonds is 5. The second-order valence-corrected chi connectivity index (χ2v) is 4.36. The number of nitrogens with zero attached hydrogens (tertiary/aromatic N) is 1. The fourth-order valence-corrected chi connectivity index (χ4v) is 1.73. The first kappa shape index (κ1) is 11.9. The highest BCUT2D eigenvalue weighted by Crippen LogP contribution is 1.93. The molecule has 13 heavy (non-hydrogen) atoms. The molecule has 0 rings (SSSR count). The summed E-state index contributed by atoms with van der Waals surface area (Å²) in [5.41, 5.74) is 4.85. The van der Waals surface area contributed by atoms with Gasteiger partial charge in [-0.1, -0.05) is 0 Å². The summed E-state index contributed by atoms with van der Waals surface area (Å²) in [7, 11) is -3.60. The highest BCUT2D eigenvalue weighted by molar-refractivity contribution is 7.89. The Bertz CT molecular complexity index is 317. The number of hydrogen-bond acceptors (Lipinski definition) is 4. The van der Waals surface area contributed by atoms with Crippen molar-refractivity contribution in [3.63, 3.8) is 0 Å². The lowest BCUT2D eigenvalue weighted by atomic mass is 10.2.